The maximum Gasteiger partial charge on any atom is 0.410 e. The summed E-state index contributed by atoms with van der Waals surface area (Å²) in [7, 11) is 0. The zero-order chi connectivity index (χ0) is 15.1. The predicted molar refractivity (Wildman–Crippen MR) is 64.5 cm³/mol. The van der Waals surface area contributed by atoms with E-state index in [1.165, 1.54) is 6.92 Å². The standard InChI is InChI=1S/C12H21F3N2O2/c1-10(2,3)19-9(18)17-5-8(12(13,14)15)11(4,6-16)7-17/h8H,5-7,16H2,1-4H3. The minimum atomic E-state index is -4.37. The summed E-state index contributed by atoms with van der Waals surface area (Å²) in [4.78, 5) is 12.9. The Labute approximate surface area is 111 Å². The number of hydrogen-bond acceptors (Lipinski definition) is 3. The molecule has 2 atom stereocenters. The van der Waals surface area contributed by atoms with Crippen molar-refractivity contribution in [1.29, 1.82) is 0 Å². The number of halogens is 3. The van der Waals surface area contributed by atoms with Gasteiger partial charge in [0.25, 0.3) is 0 Å². The number of carbonyl (C=O) groups is 1. The smallest absolute Gasteiger partial charge is 0.410 e. The van der Waals surface area contributed by atoms with E-state index >= 15 is 0 Å². The third kappa shape index (κ3) is 3.75. The molecule has 7 heteroatoms. The second-order valence-corrected chi connectivity index (χ2v) is 6.31. The van der Waals surface area contributed by atoms with Crippen LogP contribution in [0.2, 0.25) is 0 Å². The molecule has 1 amide bonds. The molecular weight excluding hydrogens is 261 g/mol. The first kappa shape index (κ1) is 16.1. The normalized spacial score (nSPS) is 28.6. The molecule has 19 heavy (non-hydrogen) atoms. The van der Waals surface area contributed by atoms with Crippen LogP contribution in [0.1, 0.15) is 27.7 Å². The zero-order valence-electron chi connectivity index (χ0n) is 11.7. The Kier molecular flexibility index (Phi) is 4.10. The summed E-state index contributed by atoms with van der Waals surface area (Å²) in [6.07, 6.45) is -5.09. The van der Waals surface area contributed by atoms with Crippen LogP contribution in [0, 0.1) is 11.3 Å². The van der Waals surface area contributed by atoms with Gasteiger partial charge in [-0.15, -0.1) is 0 Å². The zero-order valence-corrected chi connectivity index (χ0v) is 11.7. The lowest BCUT2D eigenvalue weighted by Gasteiger charge is -2.30. The maximum absolute atomic E-state index is 13.0. The van der Waals surface area contributed by atoms with Crippen LogP contribution >= 0.6 is 0 Å². The van der Waals surface area contributed by atoms with Crippen LogP contribution in [0.15, 0.2) is 0 Å². The molecule has 0 aliphatic carbocycles. The Morgan fingerprint density at radius 1 is 1.42 bits per heavy atom. The van der Waals surface area contributed by atoms with Gasteiger partial charge in [0.1, 0.15) is 5.60 Å². The highest BCUT2D eigenvalue weighted by atomic mass is 19.4. The van der Waals surface area contributed by atoms with Crippen LogP contribution in [0.4, 0.5) is 18.0 Å². The predicted octanol–water partition coefficient (Wildman–Crippen LogP) is 2.38. The van der Waals surface area contributed by atoms with Gasteiger partial charge in [0.2, 0.25) is 0 Å². The highest BCUT2D eigenvalue weighted by molar-refractivity contribution is 5.68. The molecule has 0 aromatic rings. The molecule has 4 nitrogen and oxygen atoms in total. The van der Waals surface area contributed by atoms with Gasteiger partial charge in [0.05, 0.1) is 5.92 Å². The molecule has 1 fully saturated rings. The Morgan fingerprint density at radius 2 is 1.95 bits per heavy atom. The van der Waals surface area contributed by atoms with E-state index in [-0.39, 0.29) is 13.1 Å². The van der Waals surface area contributed by atoms with Crippen molar-refractivity contribution in [2.75, 3.05) is 19.6 Å². The van der Waals surface area contributed by atoms with Gasteiger partial charge < -0.3 is 15.4 Å². The number of alkyl halides is 3. The van der Waals surface area contributed by atoms with E-state index in [9.17, 15) is 18.0 Å². The monoisotopic (exact) mass is 282 g/mol. The van der Waals surface area contributed by atoms with E-state index in [0.29, 0.717) is 0 Å². The second-order valence-electron chi connectivity index (χ2n) is 6.31. The molecule has 0 aromatic carbocycles. The van der Waals surface area contributed by atoms with Crippen molar-refractivity contribution < 1.29 is 22.7 Å². The number of ether oxygens (including phenoxy) is 1. The summed E-state index contributed by atoms with van der Waals surface area (Å²) in [5.74, 6) is -1.61. The van der Waals surface area contributed by atoms with E-state index in [2.05, 4.69) is 0 Å². The Bertz CT molecular complexity index is 352. The lowest BCUT2D eigenvalue weighted by atomic mass is 9.79. The molecule has 0 radical (unpaired) electrons. The van der Waals surface area contributed by atoms with E-state index in [4.69, 9.17) is 10.5 Å². The highest BCUT2D eigenvalue weighted by Crippen LogP contribution is 2.45. The fourth-order valence-corrected chi connectivity index (χ4v) is 2.22. The van der Waals surface area contributed by atoms with Gasteiger partial charge in [-0.25, -0.2) is 4.79 Å². The van der Waals surface area contributed by atoms with Gasteiger partial charge in [0, 0.05) is 25.0 Å². The van der Waals surface area contributed by atoms with Crippen LogP contribution in [-0.2, 0) is 4.74 Å². The van der Waals surface area contributed by atoms with Gasteiger partial charge in [-0.2, -0.15) is 13.2 Å². The molecule has 0 spiro atoms. The first-order valence-electron chi connectivity index (χ1n) is 6.14. The van der Waals surface area contributed by atoms with Crippen molar-refractivity contribution in [2.45, 2.75) is 39.5 Å². The number of likely N-dealkylation sites (tertiary alicyclic amines) is 1. The summed E-state index contributed by atoms with van der Waals surface area (Å²) in [5.41, 5.74) is 3.58. The molecule has 0 aromatic heterocycles. The number of carbonyl (C=O) groups excluding carboxylic acids is 1. The van der Waals surface area contributed by atoms with Crippen LogP contribution in [0.5, 0.6) is 0 Å². The van der Waals surface area contributed by atoms with Gasteiger partial charge >= 0.3 is 12.3 Å². The van der Waals surface area contributed by atoms with E-state index in [1.54, 1.807) is 20.8 Å². The van der Waals surface area contributed by atoms with E-state index in [1.807, 2.05) is 0 Å². The first-order valence-corrected chi connectivity index (χ1v) is 6.14. The minimum Gasteiger partial charge on any atom is -0.444 e. The summed E-state index contributed by atoms with van der Waals surface area (Å²) < 4.78 is 44.0. The third-order valence-corrected chi connectivity index (χ3v) is 3.31. The largest absolute Gasteiger partial charge is 0.444 e. The molecule has 0 saturated carbocycles. The van der Waals surface area contributed by atoms with Crippen molar-refractivity contribution in [3.8, 4) is 0 Å². The summed E-state index contributed by atoms with van der Waals surface area (Å²) in [6, 6.07) is 0. The van der Waals surface area contributed by atoms with Crippen LogP contribution in [-0.4, -0.2) is 42.4 Å². The maximum atomic E-state index is 13.0. The first-order chi connectivity index (χ1) is 8.39. The molecule has 1 heterocycles. The van der Waals surface area contributed by atoms with Crippen LogP contribution in [0.25, 0.3) is 0 Å². The molecule has 2 unspecified atom stereocenters. The fourth-order valence-electron chi connectivity index (χ4n) is 2.22. The Morgan fingerprint density at radius 3 is 2.26 bits per heavy atom. The number of amides is 1. The molecular formula is C12H21F3N2O2. The number of rotatable bonds is 1. The molecule has 1 saturated heterocycles. The summed E-state index contributed by atoms with van der Waals surface area (Å²) in [5, 5.41) is 0. The molecule has 2 N–H and O–H groups in total. The van der Waals surface area contributed by atoms with Gasteiger partial charge in [-0.1, -0.05) is 6.92 Å². The van der Waals surface area contributed by atoms with E-state index in [0.717, 1.165) is 4.90 Å². The summed E-state index contributed by atoms with van der Waals surface area (Å²) in [6.45, 7) is 5.90. The molecule has 1 rings (SSSR count). The van der Waals surface area contributed by atoms with Crippen LogP contribution < -0.4 is 5.73 Å². The van der Waals surface area contributed by atoms with Gasteiger partial charge in [0.15, 0.2) is 0 Å². The lowest BCUT2D eigenvalue weighted by molar-refractivity contribution is -0.191. The average Bonchev–Trinajstić information content (AvgIpc) is 2.54. The lowest BCUT2D eigenvalue weighted by Crippen LogP contribution is -2.42. The molecule has 1 aliphatic heterocycles. The van der Waals surface area contributed by atoms with Crippen molar-refractivity contribution in [1.82, 2.24) is 4.90 Å². The van der Waals surface area contributed by atoms with Crippen molar-refractivity contribution in [2.24, 2.45) is 17.1 Å². The Balaban J connectivity index is 2.85. The quantitative estimate of drug-likeness (QED) is 0.803. The van der Waals surface area contributed by atoms with Crippen molar-refractivity contribution in [3.63, 3.8) is 0 Å². The third-order valence-electron chi connectivity index (χ3n) is 3.31. The minimum absolute atomic E-state index is 0.0391. The highest BCUT2D eigenvalue weighted by Gasteiger charge is 2.57. The van der Waals surface area contributed by atoms with Crippen molar-refractivity contribution >= 4 is 6.09 Å². The number of hydrogen-bond donors (Lipinski definition) is 1. The molecule has 0 bridgehead atoms. The SMILES string of the molecule is CC(C)(C)OC(=O)N1CC(C(F)(F)F)C(C)(CN)C1. The van der Waals surface area contributed by atoms with E-state index < -0.39 is 35.7 Å². The fraction of sp³-hybridized carbons (Fsp3) is 0.917. The van der Waals surface area contributed by atoms with Crippen LogP contribution in [0.3, 0.4) is 0 Å². The van der Waals surface area contributed by atoms with Gasteiger partial charge in [-0.05, 0) is 20.8 Å². The average molecular weight is 282 g/mol. The topological polar surface area (TPSA) is 55.6 Å². The van der Waals surface area contributed by atoms with Gasteiger partial charge in [-0.3, -0.25) is 0 Å². The Hall–Kier alpha value is -0.980. The van der Waals surface area contributed by atoms with Crippen molar-refractivity contribution in [3.05, 3.63) is 0 Å². The molecule has 1 aliphatic rings. The molecule has 112 valence electrons. The summed E-state index contributed by atoms with van der Waals surface area (Å²) >= 11 is 0. The second kappa shape index (κ2) is 4.85. The number of nitrogens with two attached hydrogens (primary N) is 1. The number of nitrogens with zero attached hydrogens (tertiary/aromatic N) is 1.